The third-order valence-electron chi connectivity index (χ3n) is 3.34. The van der Waals surface area contributed by atoms with Crippen molar-refractivity contribution < 1.29 is 9.53 Å². The van der Waals surface area contributed by atoms with E-state index in [-0.39, 0.29) is 40.0 Å². The third-order valence-corrected chi connectivity index (χ3v) is 3.66. The van der Waals surface area contributed by atoms with Crippen LogP contribution in [0.2, 0.25) is 5.02 Å². The van der Waals surface area contributed by atoms with E-state index in [1.54, 1.807) is 39.0 Å². The van der Waals surface area contributed by atoms with Gasteiger partial charge in [-0.1, -0.05) is 17.7 Å². The summed E-state index contributed by atoms with van der Waals surface area (Å²) in [5.74, 6) is 0. The Morgan fingerprint density at radius 1 is 1.25 bits per heavy atom. The van der Waals surface area contributed by atoms with E-state index < -0.39 is 11.7 Å². The molecule has 1 N–H and O–H groups in total. The zero-order valence-electron chi connectivity index (χ0n) is 14.1. The molecular formula is C16H20ClN3O4. The minimum atomic E-state index is -0.607. The number of alkyl carbamates (subject to hydrolysis) is 1. The van der Waals surface area contributed by atoms with Gasteiger partial charge in [0.2, 0.25) is 0 Å². The zero-order chi connectivity index (χ0) is 18.1. The second-order valence-corrected chi connectivity index (χ2v) is 6.76. The number of aromatic nitrogens is 2. The number of nitrogens with zero attached hydrogens (tertiary/aromatic N) is 2. The number of hydrogen-bond donors (Lipinski definition) is 1. The first-order valence-corrected chi connectivity index (χ1v) is 7.85. The second-order valence-electron chi connectivity index (χ2n) is 6.35. The topological polar surface area (TPSA) is 82.3 Å². The van der Waals surface area contributed by atoms with Crippen LogP contribution in [0.1, 0.15) is 20.8 Å². The maximum absolute atomic E-state index is 12.6. The highest BCUT2D eigenvalue weighted by Gasteiger charge is 2.16. The molecule has 0 aliphatic rings. The molecule has 0 aliphatic heterocycles. The lowest BCUT2D eigenvalue weighted by Crippen LogP contribution is -2.41. The SMILES string of the molecule is Cn1c(=O)c2cccc(Cl)c2c(=O)n1CCNC(=O)OC(C)(C)C. The summed E-state index contributed by atoms with van der Waals surface area (Å²) in [7, 11) is 1.50. The van der Waals surface area contributed by atoms with E-state index in [2.05, 4.69) is 5.32 Å². The van der Waals surface area contributed by atoms with Crippen LogP contribution in [0.4, 0.5) is 4.79 Å². The Morgan fingerprint density at radius 2 is 1.92 bits per heavy atom. The maximum atomic E-state index is 12.6. The molecule has 0 unspecified atom stereocenters. The Kier molecular flexibility index (Phi) is 5.03. The lowest BCUT2D eigenvalue weighted by Gasteiger charge is -2.20. The van der Waals surface area contributed by atoms with E-state index in [0.29, 0.717) is 0 Å². The molecule has 130 valence electrons. The van der Waals surface area contributed by atoms with Crippen molar-refractivity contribution >= 4 is 28.5 Å². The van der Waals surface area contributed by atoms with Gasteiger partial charge in [-0.25, -0.2) is 9.48 Å². The summed E-state index contributed by atoms with van der Waals surface area (Å²) in [6.07, 6.45) is -0.584. The standard InChI is InChI=1S/C16H20ClN3O4/c1-16(2,3)24-15(23)18-8-9-20-14(22)12-10(13(21)19(20)4)6-5-7-11(12)17/h5-7H,8-9H2,1-4H3,(H,18,23). The van der Waals surface area contributed by atoms with Crippen molar-refractivity contribution in [1.82, 2.24) is 14.7 Å². The van der Waals surface area contributed by atoms with Gasteiger partial charge in [-0.15, -0.1) is 0 Å². The first-order valence-electron chi connectivity index (χ1n) is 7.47. The van der Waals surface area contributed by atoms with Gasteiger partial charge in [0.15, 0.2) is 0 Å². The maximum Gasteiger partial charge on any atom is 0.407 e. The number of benzene rings is 1. The van der Waals surface area contributed by atoms with E-state index in [0.717, 1.165) is 0 Å². The van der Waals surface area contributed by atoms with Gasteiger partial charge in [0.25, 0.3) is 11.1 Å². The van der Waals surface area contributed by atoms with Gasteiger partial charge >= 0.3 is 6.09 Å². The Bertz CT molecular complexity index is 893. The average Bonchev–Trinajstić information content (AvgIpc) is 2.46. The first kappa shape index (κ1) is 18.1. The molecule has 8 heteroatoms. The van der Waals surface area contributed by atoms with Crippen LogP contribution in [0.25, 0.3) is 10.8 Å². The van der Waals surface area contributed by atoms with E-state index >= 15 is 0 Å². The number of rotatable bonds is 3. The van der Waals surface area contributed by atoms with Crippen LogP contribution in [0.3, 0.4) is 0 Å². The lowest BCUT2D eigenvalue weighted by atomic mass is 10.2. The van der Waals surface area contributed by atoms with Crippen molar-refractivity contribution in [1.29, 1.82) is 0 Å². The molecule has 0 radical (unpaired) electrons. The number of hydrogen-bond acceptors (Lipinski definition) is 4. The molecule has 0 saturated heterocycles. The summed E-state index contributed by atoms with van der Waals surface area (Å²) >= 11 is 6.06. The zero-order valence-corrected chi connectivity index (χ0v) is 14.8. The quantitative estimate of drug-likeness (QED) is 0.913. The number of fused-ring (bicyclic) bond motifs is 1. The fourth-order valence-corrected chi connectivity index (χ4v) is 2.55. The number of nitrogens with one attached hydrogen (secondary N) is 1. The summed E-state index contributed by atoms with van der Waals surface area (Å²) in [6.45, 7) is 5.52. The number of halogens is 1. The molecule has 1 amide bonds. The van der Waals surface area contributed by atoms with Gasteiger partial charge in [-0.2, -0.15) is 0 Å². The minimum Gasteiger partial charge on any atom is -0.444 e. The predicted octanol–water partition coefficient (Wildman–Crippen LogP) is 1.88. The van der Waals surface area contributed by atoms with Crippen LogP contribution in [-0.2, 0) is 18.3 Å². The summed E-state index contributed by atoms with van der Waals surface area (Å²) in [4.78, 5) is 36.6. The molecule has 1 heterocycles. The van der Waals surface area contributed by atoms with Crippen molar-refractivity contribution in [3.05, 3.63) is 43.9 Å². The Balaban J connectivity index is 2.27. The smallest absolute Gasteiger partial charge is 0.407 e. The van der Waals surface area contributed by atoms with Crippen LogP contribution in [0, 0.1) is 0 Å². The highest BCUT2D eigenvalue weighted by Crippen LogP contribution is 2.16. The fourth-order valence-electron chi connectivity index (χ4n) is 2.30. The predicted molar refractivity (Wildman–Crippen MR) is 92.7 cm³/mol. The fraction of sp³-hybridized carbons (Fsp3) is 0.438. The minimum absolute atomic E-state index is 0.116. The monoisotopic (exact) mass is 353 g/mol. The number of amides is 1. The first-order chi connectivity index (χ1) is 11.1. The van der Waals surface area contributed by atoms with Crippen LogP contribution >= 0.6 is 11.6 Å². The van der Waals surface area contributed by atoms with Gasteiger partial charge in [-0.3, -0.25) is 14.3 Å². The average molecular weight is 354 g/mol. The molecule has 0 bridgehead atoms. The molecule has 7 nitrogen and oxygen atoms in total. The number of ether oxygens (including phenoxy) is 1. The highest BCUT2D eigenvalue weighted by molar-refractivity contribution is 6.35. The Morgan fingerprint density at radius 3 is 2.54 bits per heavy atom. The van der Waals surface area contributed by atoms with Gasteiger partial charge < -0.3 is 10.1 Å². The summed E-state index contributed by atoms with van der Waals surface area (Å²) in [6, 6.07) is 4.75. The molecule has 0 fully saturated rings. The molecule has 0 spiro atoms. The molecule has 0 aliphatic carbocycles. The van der Waals surface area contributed by atoms with Crippen LogP contribution in [-0.4, -0.2) is 27.6 Å². The Hall–Kier alpha value is -2.28. The summed E-state index contributed by atoms with van der Waals surface area (Å²) in [5.41, 5.74) is -1.32. The molecule has 0 atom stereocenters. The van der Waals surface area contributed by atoms with Crippen molar-refractivity contribution in [2.75, 3.05) is 6.54 Å². The largest absolute Gasteiger partial charge is 0.444 e. The van der Waals surface area contributed by atoms with Crippen molar-refractivity contribution in [3.8, 4) is 0 Å². The van der Waals surface area contributed by atoms with Gasteiger partial charge in [-0.05, 0) is 32.9 Å². The van der Waals surface area contributed by atoms with Gasteiger partial charge in [0, 0.05) is 13.6 Å². The van der Waals surface area contributed by atoms with Crippen LogP contribution in [0.15, 0.2) is 27.8 Å². The molecule has 1 aromatic heterocycles. The highest BCUT2D eigenvalue weighted by atomic mass is 35.5. The normalized spacial score (nSPS) is 11.5. The number of carbonyl (C=O) groups is 1. The molecule has 1 aromatic carbocycles. The lowest BCUT2D eigenvalue weighted by molar-refractivity contribution is 0.0525. The van der Waals surface area contributed by atoms with E-state index in [4.69, 9.17) is 16.3 Å². The van der Waals surface area contributed by atoms with E-state index in [9.17, 15) is 14.4 Å². The van der Waals surface area contributed by atoms with Crippen LogP contribution in [0.5, 0.6) is 0 Å². The second kappa shape index (κ2) is 6.68. The van der Waals surface area contributed by atoms with E-state index in [1.165, 1.54) is 16.4 Å². The molecule has 2 aromatic rings. The molecular weight excluding hydrogens is 334 g/mol. The molecule has 24 heavy (non-hydrogen) atoms. The van der Waals surface area contributed by atoms with Gasteiger partial charge in [0.1, 0.15) is 5.60 Å². The molecule has 2 rings (SSSR count). The van der Waals surface area contributed by atoms with E-state index in [1.807, 2.05) is 0 Å². The summed E-state index contributed by atoms with van der Waals surface area (Å²) < 4.78 is 7.59. The van der Waals surface area contributed by atoms with Crippen LogP contribution < -0.4 is 16.4 Å². The van der Waals surface area contributed by atoms with Crippen molar-refractivity contribution in [3.63, 3.8) is 0 Å². The van der Waals surface area contributed by atoms with Gasteiger partial charge in [0.05, 0.1) is 22.3 Å². The summed E-state index contributed by atoms with van der Waals surface area (Å²) in [5, 5.41) is 3.23. The van der Waals surface area contributed by atoms with Crippen molar-refractivity contribution in [2.45, 2.75) is 32.9 Å². The molecule has 0 saturated carbocycles. The van der Waals surface area contributed by atoms with Crippen molar-refractivity contribution in [2.24, 2.45) is 7.05 Å². The number of carbonyl (C=O) groups excluding carboxylic acids is 1. The Labute approximate surface area is 143 Å². The third kappa shape index (κ3) is 3.79.